The van der Waals surface area contributed by atoms with Gasteiger partial charge in [-0.25, -0.2) is 9.97 Å². The highest BCUT2D eigenvalue weighted by atomic mass is 15.0. The third kappa shape index (κ3) is 0.797. The molecule has 0 radical (unpaired) electrons. The molecule has 4 heteroatoms. The van der Waals surface area contributed by atoms with Gasteiger partial charge in [-0.1, -0.05) is 0 Å². The first-order valence-corrected chi connectivity index (χ1v) is 4.36. The number of aromatic nitrogens is 4. The molecule has 3 heterocycles. The van der Waals surface area contributed by atoms with Crippen molar-refractivity contribution in [3.05, 3.63) is 31.0 Å². The maximum Gasteiger partial charge on any atom is 0.144 e. The lowest BCUT2D eigenvalue weighted by molar-refractivity contribution is 0.981. The highest BCUT2D eigenvalue weighted by molar-refractivity contribution is 6.05. The van der Waals surface area contributed by atoms with Crippen LogP contribution in [0.3, 0.4) is 0 Å². The highest BCUT2D eigenvalue weighted by Crippen LogP contribution is 2.24. The fourth-order valence-electron chi connectivity index (χ4n) is 1.78. The normalized spacial score (nSPS) is 11.2. The molecule has 0 bridgehead atoms. The minimum atomic E-state index is 0.947. The molecule has 3 rings (SSSR count). The minimum absolute atomic E-state index is 0.947. The van der Waals surface area contributed by atoms with Crippen LogP contribution >= 0.6 is 0 Å². The fraction of sp³-hybridized carbons (Fsp3) is 0.100. The quantitative estimate of drug-likeness (QED) is 0.532. The van der Waals surface area contributed by atoms with E-state index in [0.717, 1.165) is 21.9 Å². The number of hydrogen-bond acceptors (Lipinski definition) is 3. The summed E-state index contributed by atoms with van der Waals surface area (Å²) in [4.78, 5) is 12.4. The molecule has 0 unspecified atom stereocenters. The van der Waals surface area contributed by atoms with Gasteiger partial charge in [0.1, 0.15) is 12.0 Å². The van der Waals surface area contributed by atoms with E-state index in [2.05, 4.69) is 15.0 Å². The maximum atomic E-state index is 4.24. The molecule has 0 amide bonds. The van der Waals surface area contributed by atoms with Crippen LogP contribution < -0.4 is 0 Å². The Bertz CT molecular complexity index is 558. The highest BCUT2D eigenvalue weighted by Gasteiger charge is 2.07. The third-order valence-corrected chi connectivity index (χ3v) is 2.46. The van der Waals surface area contributed by atoms with E-state index in [9.17, 15) is 0 Å². The van der Waals surface area contributed by atoms with E-state index < -0.39 is 0 Å². The Hall–Kier alpha value is -1.97. The van der Waals surface area contributed by atoms with Crippen molar-refractivity contribution in [2.24, 2.45) is 7.05 Å². The van der Waals surface area contributed by atoms with Gasteiger partial charge >= 0.3 is 0 Å². The van der Waals surface area contributed by atoms with Crippen LogP contribution in [-0.4, -0.2) is 19.5 Å². The summed E-state index contributed by atoms with van der Waals surface area (Å²) in [6.07, 6.45) is 7.02. The van der Waals surface area contributed by atoms with E-state index in [4.69, 9.17) is 0 Å². The van der Waals surface area contributed by atoms with Crippen LogP contribution in [0.4, 0.5) is 0 Å². The zero-order valence-corrected chi connectivity index (χ0v) is 7.68. The Morgan fingerprint density at radius 2 is 2.00 bits per heavy atom. The number of pyridine rings is 1. The third-order valence-electron chi connectivity index (χ3n) is 2.46. The molecule has 14 heavy (non-hydrogen) atoms. The first-order chi connectivity index (χ1) is 6.88. The Balaban J connectivity index is 2.69. The van der Waals surface area contributed by atoms with Crippen molar-refractivity contribution < 1.29 is 0 Å². The zero-order valence-electron chi connectivity index (χ0n) is 7.68. The molecule has 0 aromatic carbocycles. The number of aryl methyl sites for hydroxylation is 1. The van der Waals surface area contributed by atoms with Crippen molar-refractivity contribution in [3.63, 3.8) is 0 Å². The first kappa shape index (κ1) is 7.44. The van der Waals surface area contributed by atoms with Gasteiger partial charge in [0, 0.05) is 36.4 Å². The monoisotopic (exact) mass is 184 g/mol. The fourth-order valence-corrected chi connectivity index (χ4v) is 1.78. The maximum absolute atomic E-state index is 4.24. The average molecular weight is 184 g/mol. The number of fused-ring (bicyclic) bond motifs is 3. The summed E-state index contributed by atoms with van der Waals surface area (Å²) >= 11 is 0. The molecule has 0 atom stereocenters. The molecular weight excluding hydrogens is 176 g/mol. The molecule has 3 aromatic rings. The second-order valence-corrected chi connectivity index (χ2v) is 3.21. The van der Waals surface area contributed by atoms with Crippen molar-refractivity contribution in [3.8, 4) is 0 Å². The number of hydrogen-bond donors (Lipinski definition) is 0. The largest absolute Gasteiger partial charge is 0.328 e. The lowest BCUT2D eigenvalue weighted by Gasteiger charge is -1.94. The lowest BCUT2D eigenvalue weighted by Crippen LogP contribution is -1.88. The molecule has 0 aliphatic carbocycles. The van der Waals surface area contributed by atoms with Gasteiger partial charge in [0.25, 0.3) is 0 Å². The van der Waals surface area contributed by atoms with Gasteiger partial charge in [-0.2, -0.15) is 0 Å². The Kier molecular flexibility index (Phi) is 1.33. The summed E-state index contributed by atoms with van der Waals surface area (Å²) < 4.78 is 2.05. The van der Waals surface area contributed by atoms with Crippen molar-refractivity contribution in [2.45, 2.75) is 0 Å². The van der Waals surface area contributed by atoms with Gasteiger partial charge in [-0.05, 0) is 6.07 Å². The summed E-state index contributed by atoms with van der Waals surface area (Å²) in [7, 11) is 2.00. The van der Waals surface area contributed by atoms with Crippen molar-refractivity contribution >= 4 is 21.9 Å². The summed E-state index contributed by atoms with van der Waals surface area (Å²) in [6, 6.07) is 1.98. The Labute approximate surface area is 80.2 Å². The van der Waals surface area contributed by atoms with Crippen LogP contribution in [0.15, 0.2) is 31.0 Å². The van der Waals surface area contributed by atoms with Crippen molar-refractivity contribution in [1.29, 1.82) is 0 Å². The summed E-state index contributed by atoms with van der Waals surface area (Å²) in [5, 5.41) is 2.16. The van der Waals surface area contributed by atoms with Crippen LogP contribution in [0.5, 0.6) is 0 Å². The molecule has 0 spiro atoms. The van der Waals surface area contributed by atoms with E-state index in [1.165, 1.54) is 0 Å². The SMILES string of the molecule is Cn1c2ccncc2c2cncnc21. The van der Waals surface area contributed by atoms with Gasteiger partial charge in [0.2, 0.25) is 0 Å². The van der Waals surface area contributed by atoms with Crippen molar-refractivity contribution in [2.75, 3.05) is 0 Å². The standard InChI is InChI=1S/C10H8N4/c1-14-9-2-3-11-4-7(9)8-5-12-6-13-10(8)14/h2-6H,1H3. The van der Waals surface area contributed by atoms with Gasteiger partial charge in [-0.15, -0.1) is 0 Å². The van der Waals surface area contributed by atoms with Crippen LogP contribution in [0, 0.1) is 0 Å². The lowest BCUT2D eigenvalue weighted by atomic mass is 10.3. The van der Waals surface area contributed by atoms with Crippen LogP contribution in [0.2, 0.25) is 0 Å². The van der Waals surface area contributed by atoms with Gasteiger partial charge in [0.15, 0.2) is 0 Å². The molecule has 0 aliphatic rings. The first-order valence-electron chi connectivity index (χ1n) is 4.36. The number of nitrogens with zero attached hydrogens (tertiary/aromatic N) is 4. The molecule has 4 nitrogen and oxygen atoms in total. The predicted octanol–water partition coefficient (Wildman–Crippen LogP) is 1.52. The Morgan fingerprint density at radius 1 is 1.14 bits per heavy atom. The predicted molar refractivity (Wildman–Crippen MR) is 53.8 cm³/mol. The summed E-state index contributed by atoms with van der Waals surface area (Å²) in [5.74, 6) is 0. The molecule has 0 saturated carbocycles. The second-order valence-electron chi connectivity index (χ2n) is 3.21. The second kappa shape index (κ2) is 2.51. The molecule has 0 aliphatic heterocycles. The van der Waals surface area contributed by atoms with E-state index in [1.807, 2.05) is 30.1 Å². The van der Waals surface area contributed by atoms with Gasteiger partial charge in [0.05, 0.1) is 5.52 Å². The Morgan fingerprint density at radius 3 is 2.93 bits per heavy atom. The average Bonchev–Trinajstić information content (AvgIpc) is 2.55. The topological polar surface area (TPSA) is 43.6 Å². The summed E-state index contributed by atoms with van der Waals surface area (Å²) in [6.45, 7) is 0. The van der Waals surface area contributed by atoms with Crippen molar-refractivity contribution in [1.82, 2.24) is 19.5 Å². The molecular formula is C10H8N4. The molecule has 0 fully saturated rings. The van der Waals surface area contributed by atoms with E-state index in [-0.39, 0.29) is 0 Å². The molecule has 0 N–H and O–H groups in total. The number of rotatable bonds is 0. The summed E-state index contributed by atoms with van der Waals surface area (Å²) in [5.41, 5.74) is 2.08. The van der Waals surface area contributed by atoms with E-state index in [1.54, 1.807) is 12.5 Å². The molecule has 68 valence electrons. The molecule has 3 aromatic heterocycles. The van der Waals surface area contributed by atoms with Crippen LogP contribution in [0.1, 0.15) is 0 Å². The minimum Gasteiger partial charge on any atom is -0.328 e. The smallest absolute Gasteiger partial charge is 0.144 e. The van der Waals surface area contributed by atoms with E-state index >= 15 is 0 Å². The molecule has 0 saturated heterocycles. The van der Waals surface area contributed by atoms with Crippen LogP contribution in [0.25, 0.3) is 21.9 Å². The zero-order chi connectivity index (χ0) is 9.54. The van der Waals surface area contributed by atoms with Gasteiger partial charge < -0.3 is 4.57 Å². The van der Waals surface area contributed by atoms with Gasteiger partial charge in [-0.3, -0.25) is 4.98 Å². The van der Waals surface area contributed by atoms with Crippen LogP contribution in [-0.2, 0) is 7.05 Å². The van der Waals surface area contributed by atoms with E-state index in [0.29, 0.717) is 0 Å².